The lowest BCUT2D eigenvalue weighted by molar-refractivity contribution is -0.125. The summed E-state index contributed by atoms with van der Waals surface area (Å²) in [6.45, 7) is 8.20. The number of aryl methyl sites for hydroxylation is 2. The van der Waals surface area contributed by atoms with E-state index in [-0.39, 0.29) is 11.3 Å². The van der Waals surface area contributed by atoms with Crippen LogP contribution < -0.4 is 10.6 Å². The van der Waals surface area contributed by atoms with Crippen LogP contribution in [-0.2, 0) is 17.6 Å². The summed E-state index contributed by atoms with van der Waals surface area (Å²) in [6.07, 6.45) is 4.85. The molecule has 0 bridgehead atoms. The standard InChI is InChI=1S/C18H28N2O/c1-4-10-18(11-12-19-13-18)17(21)20-16-14(5-2)8-7-9-15(16)6-3/h7-9,19H,4-6,10-13H2,1-3H3,(H,20,21). The van der Waals surface area contributed by atoms with E-state index in [1.54, 1.807) is 0 Å². The first-order valence-corrected chi connectivity index (χ1v) is 8.29. The minimum absolute atomic E-state index is 0.199. The van der Waals surface area contributed by atoms with Crippen molar-refractivity contribution >= 4 is 11.6 Å². The third-order valence-electron chi connectivity index (χ3n) is 4.69. The van der Waals surface area contributed by atoms with E-state index < -0.39 is 0 Å². The van der Waals surface area contributed by atoms with Crippen LogP contribution in [0.15, 0.2) is 18.2 Å². The number of benzene rings is 1. The third kappa shape index (κ3) is 3.29. The first-order chi connectivity index (χ1) is 10.2. The second-order valence-corrected chi connectivity index (χ2v) is 6.07. The van der Waals surface area contributed by atoms with Crippen molar-refractivity contribution in [3.05, 3.63) is 29.3 Å². The number of anilines is 1. The zero-order valence-electron chi connectivity index (χ0n) is 13.6. The van der Waals surface area contributed by atoms with Gasteiger partial charge < -0.3 is 10.6 Å². The predicted octanol–water partition coefficient (Wildman–Crippen LogP) is 3.53. The summed E-state index contributed by atoms with van der Waals surface area (Å²) in [6, 6.07) is 6.33. The van der Waals surface area contributed by atoms with Crippen LogP contribution in [0.25, 0.3) is 0 Å². The van der Waals surface area contributed by atoms with Crippen molar-refractivity contribution in [2.45, 2.75) is 52.9 Å². The van der Waals surface area contributed by atoms with Gasteiger partial charge in [0.05, 0.1) is 5.41 Å². The van der Waals surface area contributed by atoms with Crippen molar-refractivity contribution in [2.24, 2.45) is 5.41 Å². The topological polar surface area (TPSA) is 41.1 Å². The molecule has 1 atom stereocenters. The lowest BCUT2D eigenvalue weighted by atomic mass is 9.81. The molecule has 1 aliphatic rings. The van der Waals surface area contributed by atoms with Gasteiger partial charge in [0.25, 0.3) is 0 Å². The minimum atomic E-state index is -0.222. The molecule has 1 aromatic rings. The number of carbonyl (C=O) groups excluding carboxylic acids is 1. The fourth-order valence-corrected chi connectivity index (χ4v) is 3.39. The summed E-state index contributed by atoms with van der Waals surface area (Å²) in [5.41, 5.74) is 3.30. The number of nitrogens with one attached hydrogen (secondary N) is 2. The molecule has 1 aromatic carbocycles. The van der Waals surface area contributed by atoms with Gasteiger partial charge in [-0.1, -0.05) is 45.4 Å². The highest BCUT2D eigenvalue weighted by atomic mass is 16.2. The van der Waals surface area contributed by atoms with Crippen LogP contribution in [0.4, 0.5) is 5.69 Å². The summed E-state index contributed by atoms with van der Waals surface area (Å²) >= 11 is 0. The van der Waals surface area contributed by atoms with E-state index in [9.17, 15) is 4.79 Å². The molecule has 0 aromatic heterocycles. The van der Waals surface area contributed by atoms with E-state index in [2.05, 4.69) is 49.6 Å². The molecule has 1 unspecified atom stereocenters. The van der Waals surface area contributed by atoms with Gasteiger partial charge in [-0.05, 0) is 43.4 Å². The number of amides is 1. The molecule has 3 nitrogen and oxygen atoms in total. The summed E-state index contributed by atoms with van der Waals surface area (Å²) in [7, 11) is 0. The molecule has 1 aliphatic heterocycles. The zero-order chi connectivity index (χ0) is 15.3. The van der Waals surface area contributed by atoms with Crippen LogP contribution in [0, 0.1) is 5.41 Å². The average Bonchev–Trinajstić information content (AvgIpc) is 2.97. The first-order valence-electron chi connectivity index (χ1n) is 8.29. The van der Waals surface area contributed by atoms with E-state index in [0.29, 0.717) is 0 Å². The molecule has 3 heteroatoms. The molecule has 21 heavy (non-hydrogen) atoms. The number of rotatable bonds is 6. The van der Waals surface area contributed by atoms with Gasteiger partial charge in [-0.15, -0.1) is 0 Å². The summed E-state index contributed by atoms with van der Waals surface area (Å²) in [5, 5.41) is 6.63. The van der Waals surface area contributed by atoms with E-state index >= 15 is 0 Å². The zero-order valence-corrected chi connectivity index (χ0v) is 13.6. The summed E-state index contributed by atoms with van der Waals surface area (Å²) in [4.78, 5) is 12.9. The highest BCUT2D eigenvalue weighted by molar-refractivity contribution is 5.97. The average molecular weight is 288 g/mol. The SMILES string of the molecule is CCCC1(C(=O)Nc2c(CC)cccc2CC)CCNC1. The van der Waals surface area contributed by atoms with Gasteiger partial charge in [0.2, 0.25) is 5.91 Å². The van der Waals surface area contributed by atoms with Crippen molar-refractivity contribution in [3.63, 3.8) is 0 Å². The van der Waals surface area contributed by atoms with Gasteiger partial charge in [-0.3, -0.25) is 4.79 Å². The van der Waals surface area contributed by atoms with Gasteiger partial charge in [0, 0.05) is 12.2 Å². The normalized spacial score (nSPS) is 21.5. The van der Waals surface area contributed by atoms with Crippen LogP contribution >= 0.6 is 0 Å². The van der Waals surface area contributed by atoms with Crippen LogP contribution in [-0.4, -0.2) is 19.0 Å². The Bertz CT molecular complexity index is 468. The van der Waals surface area contributed by atoms with Crippen molar-refractivity contribution in [2.75, 3.05) is 18.4 Å². The van der Waals surface area contributed by atoms with Gasteiger partial charge in [0.15, 0.2) is 0 Å². The van der Waals surface area contributed by atoms with Gasteiger partial charge >= 0.3 is 0 Å². The van der Waals surface area contributed by atoms with Crippen LogP contribution in [0.3, 0.4) is 0 Å². The Kier molecular flexibility index (Phi) is 5.40. The lowest BCUT2D eigenvalue weighted by Crippen LogP contribution is -2.38. The molecule has 2 N–H and O–H groups in total. The maximum atomic E-state index is 12.9. The summed E-state index contributed by atoms with van der Waals surface area (Å²) in [5.74, 6) is 0.199. The molecule has 2 rings (SSSR count). The van der Waals surface area contributed by atoms with Crippen LogP contribution in [0.1, 0.15) is 51.2 Å². The fourth-order valence-electron chi connectivity index (χ4n) is 3.39. The summed E-state index contributed by atoms with van der Waals surface area (Å²) < 4.78 is 0. The molecule has 1 heterocycles. The minimum Gasteiger partial charge on any atom is -0.325 e. The molecule has 0 aliphatic carbocycles. The molecule has 1 saturated heterocycles. The monoisotopic (exact) mass is 288 g/mol. The van der Waals surface area contributed by atoms with Gasteiger partial charge in [-0.2, -0.15) is 0 Å². The van der Waals surface area contributed by atoms with E-state index in [4.69, 9.17) is 0 Å². The van der Waals surface area contributed by atoms with Crippen molar-refractivity contribution in [1.29, 1.82) is 0 Å². The lowest BCUT2D eigenvalue weighted by Gasteiger charge is -2.27. The Morgan fingerprint density at radius 2 is 1.90 bits per heavy atom. The van der Waals surface area contributed by atoms with Crippen LogP contribution in [0.5, 0.6) is 0 Å². The number of hydrogen-bond acceptors (Lipinski definition) is 2. The van der Waals surface area contributed by atoms with Crippen molar-refractivity contribution < 1.29 is 4.79 Å². The Hall–Kier alpha value is -1.35. The second kappa shape index (κ2) is 7.08. The highest BCUT2D eigenvalue weighted by Gasteiger charge is 2.40. The molecule has 1 fully saturated rings. The fraction of sp³-hybridized carbons (Fsp3) is 0.611. The second-order valence-electron chi connectivity index (χ2n) is 6.07. The van der Waals surface area contributed by atoms with E-state index in [1.807, 2.05) is 0 Å². The Labute approximate surface area is 128 Å². The predicted molar refractivity (Wildman–Crippen MR) is 88.7 cm³/mol. The largest absolute Gasteiger partial charge is 0.325 e. The smallest absolute Gasteiger partial charge is 0.231 e. The van der Waals surface area contributed by atoms with Gasteiger partial charge in [0.1, 0.15) is 0 Å². The molecular weight excluding hydrogens is 260 g/mol. The number of para-hydroxylation sites is 1. The van der Waals surface area contributed by atoms with E-state index in [1.165, 1.54) is 11.1 Å². The quantitative estimate of drug-likeness (QED) is 0.841. The van der Waals surface area contributed by atoms with Crippen LogP contribution in [0.2, 0.25) is 0 Å². The maximum absolute atomic E-state index is 12.9. The molecule has 0 saturated carbocycles. The van der Waals surface area contributed by atoms with E-state index in [0.717, 1.165) is 50.9 Å². The number of carbonyl (C=O) groups is 1. The van der Waals surface area contributed by atoms with Crippen molar-refractivity contribution in [1.82, 2.24) is 5.32 Å². The molecular formula is C18H28N2O. The number of hydrogen-bond donors (Lipinski definition) is 2. The highest BCUT2D eigenvalue weighted by Crippen LogP contribution is 2.34. The molecule has 1 amide bonds. The maximum Gasteiger partial charge on any atom is 0.231 e. The van der Waals surface area contributed by atoms with Crippen molar-refractivity contribution in [3.8, 4) is 0 Å². The Morgan fingerprint density at radius 3 is 2.38 bits per heavy atom. The molecule has 116 valence electrons. The van der Waals surface area contributed by atoms with Gasteiger partial charge in [-0.25, -0.2) is 0 Å². The molecule has 0 radical (unpaired) electrons. The first kappa shape index (κ1) is 16.0. The molecule has 0 spiro atoms. The third-order valence-corrected chi connectivity index (χ3v) is 4.69. The Morgan fingerprint density at radius 1 is 1.24 bits per heavy atom. The Balaban J connectivity index is 2.26.